The van der Waals surface area contributed by atoms with Gasteiger partial charge in [0.15, 0.2) is 0 Å². The van der Waals surface area contributed by atoms with E-state index in [0.717, 1.165) is 18.7 Å². The molecular weight excluding hydrogens is 366 g/mol. The van der Waals surface area contributed by atoms with E-state index in [0.29, 0.717) is 11.3 Å². The Hall–Kier alpha value is -3.67. The molecule has 0 aliphatic rings. The number of anilines is 2. The first kappa shape index (κ1) is 20.1. The Morgan fingerprint density at radius 2 is 1.76 bits per heavy atom. The summed E-state index contributed by atoms with van der Waals surface area (Å²) in [5, 5.41) is 6.05. The second-order valence-corrected chi connectivity index (χ2v) is 6.31. The molecule has 0 radical (unpaired) electrons. The van der Waals surface area contributed by atoms with Gasteiger partial charge in [-0.25, -0.2) is 4.79 Å². The molecule has 1 aromatic heterocycles. The summed E-state index contributed by atoms with van der Waals surface area (Å²) in [6, 6.07) is 20.4. The number of nitrogens with zero attached hydrogens (tertiary/aromatic N) is 1. The van der Waals surface area contributed by atoms with Crippen molar-refractivity contribution in [3.63, 3.8) is 0 Å². The molecule has 1 amide bonds. The number of hydrogen-bond acceptors (Lipinski definition) is 5. The van der Waals surface area contributed by atoms with Crippen molar-refractivity contribution in [1.82, 2.24) is 4.98 Å². The van der Waals surface area contributed by atoms with Crippen LogP contribution < -0.4 is 10.6 Å². The zero-order chi connectivity index (χ0) is 20.5. The summed E-state index contributed by atoms with van der Waals surface area (Å²) in [7, 11) is 0. The van der Waals surface area contributed by atoms with Crippen molar-refractivity contribution in [2.75, 3.05) is 23.8 Å². The van der Waals surface area contributed by atoms with Gasteiger partial charge in [0.05, 0.1) is 17.9 Å². The zero-order valence-electron chi connectivity index (χ0n) is 16.2. The first-order chi connectivity index (χ1) is 14.2. The minimum Gasteiger partial charge on any atom is -0.462 e. The van der Waals surface area contributed by atoms with Crippen LogP contribution in [0.2, 0.25) is 0 Å². The number of pyridine rings is 1. The molecule has 3 aromatic rings. The lowest BCUT2D eigenvalue weighted by Gasteiger charge is -2.11. The van der Waals surface area contributed by atoms with Crippen molar-refractivity contribution in [3.8, 4) is 0 Å². The molecule has 0 spiro atoms. The number of esters is 1. The Kier molecular flexibility index (Phi) is 6.95. The molecule has 0 saturated carbocycles. The van der Waals surface area contributed by atoms with Gasteiger partial charge in [0.25, 0.3) is 5.91 Å². The number of aromatic nitrogens is 1. The molecule has 1 heterocycles. The quantitative estimate of drug-likeness (QED) is 0.565. The van der Waals surface area contributed by atoms with Crippen LogP contribution in [0.25, 0.3) is 0 Å². The summed E-state index contributed by atoms with van der Waals surface area (Å²) in [5.74, 6) is -0.874. The van der Waals surface area contributed by atoms with E-state index in [1.165, 1.54) is 5.56 Å². The smallest absolute Gasteiger partial charge is 0.340 e. The van der Waals surface area contributed by atoms with Crippen LogP contribution in [-0.2, 0) is 11.2 Å². The van der Waals surface area contributed by atoms with Crippen LogP contribution in [0, 0.1) is 0 Å². The first-order valence-corrected chi connectivity index (χ1v) is 9.48. The van der Waals surface area contributed by atoms with Gasteiger partial charge in [-0.2, -0.15) is 0 Å². The molecule has 0 fully saturated rings. The van der Waals surface area contributed by atoms with Gasteiger partial charge in [-0.3, -0.25) is 9.78 Å². The van der Waals surface area contributed by atoms with Crippen molar-refractivity contribution in [2.45, 2.75) is 13.3 Å². The number of nitrogens with one attached hydrogen (secondary N) is 2. The normalized spacial score (nSPS) is 10.2. The van der Waals surface area contributed by atoms with E-state index in [-0.39, 0.29) is 12.3 Å². The summed E-state index contributed by atoms with van der Waals surface area (Å²) in [4.78, 5) is 28.9. The fraction of sp³-hybridized carbons (Fsp3) is 0.174. The second kappa shape index (κ2) is 10.0. The maximum Gasteiger partial charge on any atom is 0.340 e. The molecule has 0 unspecified atom stereocenters. The topological polar surface area (TPSA) is 80.3 Å². The van der Waals surface area contributed by atoms with Crippen LogP contribution in [0.5, 0.6) is 0 Å². The number of benzene rings is 2. The molecule has 6 heteroatoms. The third kappa shape index (κ3) is 5.65. The van der Waals surface area contributed by atoms with Crippen LogP contribution in [0.15, 0.2) is 72.9 Å². The van der Waals surface area contributed by atoms with Crippen LogP contribution in [0.3, 0.4) is 0 Å². The maximum atomic E-state index is 12.6. The maximum absolute atomic E-state index is 12.6. The predicted octanol–water partition coefficient (Wildman–Crippen LogP) is 4.17. The average Bonchev–Trinajstić information content (AvgIpc) is 2.75. The predicted molar refractivity (Wildman–Crippen MR) is 113 cm³/mol. The van der Waals surface area contributed by atoms with Crippen LogP contribution in [-0.4, -0.2) is 30.0 Å². The van der Waals surface area contributed by atoms with Crippen LogP contribution >= 0.6 is 0 Å². The van der Waals surface area contributed by atoms with Crippen LogP contribution in [0.1, 0.15) is 33.3 Å². The lowest BCUT2D eigenvalue weighted by molar-refractivity contribution is 0.0527. The van der Waals surface area contributed by atoms with Crippen molar-refractivity contribution < 1.29 is 14.3 Å². The lowest BCUT2D eigenvalue weighted by Crippen LogP contribution is -2.17. The molecule has 0 aliphatic carbocycles. The highest BCUT2D eigenvalue weighted by Crippen LogP contribution is 2.18. The highest BCUT2D eigenvalue weighted by Gasteiger charge is 2.15. The van der Waals surface area contributed by atoms with E-state index >= 15 is 0 Å². The molecular formula is C23H23N3O3. The van der Waals surface area contributed by atoms with Crippen molar-refractivity contribution in [2.24, 2.45) is 0 Å². The van der Waals surface area contributed by atoms with Crippen LogP contribution in [0.4, 0.5) is 11.4 Å². The number of hydrogen-bond donors (Lipinski definition) is 2. The fourth-order valence-electron chi connectivity index (χ4n) is 2.83. The van der Waals surface area contributed by atoms with Gasteiger partial charge in [-0.1, -0.05) is 42.5 Å². The number of carbonyl (C=O) groups excluding carboxylic acids is 2. The minimum absolute atomic E-state index is 0.258. The zero-order valence-corrected chi connectivity index (χ0v) is 16.2. The molecule has 2 N–H and O–H groups in total. The number of amides is 1. The summed E-state index contributed by atoms with van der Waals surface area (Å²) in [5.41, 5.74) is 3.00. The highest BCUT2D eigenvalue weighted by atomic mass is 16.5. The van der Waals surface area contributed by atoms with Gasteiger partial charge < -0.3 is 15.4 Å². The summed E-state index contributed by atoms with van der Waals surface area (Å²) in [6.45, 7) is 2.74. The van der Waals surface area contributed by atoms with Gasteiger partial charge in [0.2, 0.25) is 0 Å². The molecule has 0 bridgehead atoms. The van der Waals surface area contributed by atoms with E-state index < -0.39 is 11.9 Å². The van der Waals surface area contributed by atoms with Gasteiger partial charge in [-0.05, 0) is 43.2 Å². The molecule has 0 aliphatic heterocycles. The Labute approximate surface area is 169 Å². The van der Waals surface area contributed by atoms with E-state index in [4.69, 9.17) is 4.74 Å². The first-order valence-electron chi connectivity index (χ1n) is 9.48. The molecule has 0 saturated heterocycles. The number of rotatable bonds is 8. The van der Waals surface area contributed by atoms with E-state index in [2.05, 4.69) is 27.8 Å². The Morgan fingerprint density at radius 3 is 2.55 bits per heavy atom. The number of para-hydroxylation sites is 1. The van der Waals surface area contributed by atoms with Gasteiger partial charge in [0, 0.05) is 18.4 Å². The molecule has 0 atom stereocenters. The molecule has 29 heavy (non-hydrogen) atoms. The van der Waals surface area contributed by atoms with Crippen molar-refractivity contribution in [1.29, 1.82) is 0 Å². The number of ether oxygens (including phenoxy) is 1. The third-order valence-corrected chi connectivity index (χ3v) is 4.25. The molecule has 3 rings (SSSR count). The summed E-state index contributed by atoms with van der Waals surface area (Å²) < 4.78 is 5.04. The third-order valence-electron chi connectivity index (χ3n) is 4.25. The second-order valence-electron chi connectivity index (χ2n) is 6.31. The number of carbonyl (C=O) groups is 2. The average molecular weight is 389 g/mol. The largest absolute Gasteiger partial charge is 0.462 e. The van der Waals surface area contributed by atoms with E-state index in [9.17, 15) is 9.59 Å². The minimum atomic E-state index is -0.479. The fourth-order valence-corrected chi connectivity index (χ4v) is 2.83. The Morgan fingerprint density at radius 1 is 1.00 bits per heavy atom. The van der Waals surface area contributed by atoms with Gasteiger partial charge in [0.1, 0.15) is 5.69 Å². The Balaban J connectivity index is 1.65. The van der Waals surface area contributed by atoms with Gasteiger partial charge in [-0.15, -0.1) is 0 Å². The summed E-state index contributed by atoms with van der Waals surface area (Å²) in [6.07, 6.45) is 2.45. The highest BCUT2D eigenvalue weighted by molar-refractivity contribution is 6.07. The van der Waals surface area contributed by atoms with Crippen molar-refractivity contribution in [3.05, 3.63) is 89.7 Å². The monoisotopic (exact) mass is 389 g/mol. The SMILES string of the molecule is CCOC(=O)c1ccccc1NC(=O)c1cc(NCCc2ccccc2)ccn1. The van der Waals surface area contributed by atoms with E-state index in [1.54, 1.807) is 43.5 Å². The summed E-state index contributed by atoms with van der Waals surface area (Å²) >= 11 is 0. The standard InChI is InChI=1S/C23H23N3O3/c1-2-29-23(28)19-10-6-7-11-20(19)26-22(27)21-16-18(13-15-25-21)24-14-12-17-8-4-3-5-9-17/h3-11,13,15-16H,2,12,14H2,1H3,(H,24,25)(H,26,27). The van der Waals surface area contributed by atoms with Gasteiger partial charge >= 0.3 is 5.97 Å². The van der Waals surface area contributed by atoms with Crippen molar-refractivity contribution >= 4 is 23.3 Å². The van der Waals surface area contributed by atoms with E-state index in [1.807, 2.05) is 24.3 Å². The molecule has 148 valence electrons. The molecule has 6 nitrogen and oxygen atoms in total. The molecule has 2 aromatic carbocycles. The lowest BCUT2D eigenvalue weighted by atomic mass is 10.1. The Bertz CT molecular complexity index is 974.